The molecule has 2 rings (SSSR count). The Morgan fingerprint density at radius 2 is 2.17 bits per heavy atom. The number of aromatic nitrogens is 2. The number of aromatic amines is 1. The smallest absolute Gasteiger partial charge is 0.362 e. The van der Waals surface area contributed by atoms with Crippen LogP contribution in [0.25, 0.3) is 0 Å². The lowest BCUT2D eigenvalue weighted by molar-refractivity contribution is 0.318. The summed E-state index contributed by atoms with van der Waals surface area (Å²) in [6.45, 7) is 1.95. The van der Waals surface area contributed by atoms with Gasteiger partial charge in [0.15, 0.2) is 0 Å². The van der Waals surface area contributed by atoms with Gasteiger partial charge in [-0.3, -0.25) is 0 Å². The fourth-order valence-electron chi connectivity index (χ4n) is 1.49. The molecule has 0 atom stereocenters. The molecule has 66 valence electrons. The van der Waals surface area contributed by atoms with E-state index in [4.69, 9.17) is 4.52 Å². The number of piperidine rings is 1. The zero-order valence-electron chi connectivity index (χ0n) is 6.67. The predicted octanol–water partition coefficient (Wildman–Crippen LogP) is -0.170. The molecule has 0 bridgehead atoms. The standard InChI is InChI=1S/C7H11N3O2/c11-7-9-6(12-10-7)5-1-3-8-4-2-5/h5,8H,1-4H2,(H,10,11). The number of hydrogen-bond acceptors (Lipinski definition) is 4. The molecule has 1 aliphatic rings. The van der Waals surface area contributed by atoms with Gasteiger partial charge in [-0.1, -0.05) is 0 Å². The van der Waals surface area contributed by atoms with Crippen molar-refractivity contribution in [2.24, 2.45) is 0 Å². The van der Waals surface area contributed by atoms with Crippen molar-refractivity contribution in [1.29, 1.82) is 0 Å². The van der Waals surface area contributed by atoms with Crippen molar-refractivity contribution in [3.05, 3.63) is 16.4 Å². The van der Waals surface area contributed by atoms with E-state index in [1.165, 1.54) is 0 Å². The fraction of sp³-hybridized carbons (Fsp3) is 0.714. The van der Waals surface area contributed by atoms with Crippen molar-refractivity contribution in [1.82, 2.24) is 15.5 Å². The SMILES string of the molecule is O=c1nc(C2CCNCC2)o[nH]1. The topological polar surface area (TPSA) is 70.9 Å². The molecule has 0 spiro atoms. The summed E-state index contributed by atoms with van der Waals surface area (Å²) in [5.41, 5.74) is -0.386. The molecule has 0 aliphatic carbocycles. The van der Waals surface area contributed by atoms with Gasteiger partial charge >= 0.3 is 5.69 Å². The minimum absolute atomic E-state index is 0.310. The van der Waals surface area contributed by atoms with E-state index in [0.717, 1.165) is 25.9 Å². The second kappa shape index (κ2) is 3.10. The number of rotatable bonds is 1. The Kier molecular flexibility index (Phi) is 1.95. The first-order valence-electron chi connectivity index (χ1n) is 4.12. The van der Waals surface area contributed by atoms with Crippen molar-refractivity contribution >= 4 is 0 Å². The van der Waals surface area contributed by atoms with Crippen molar-refractivity contribution in [2.45, 2.75) is 18.8 Å². The first-order chi connectivity index (χ1) is 5.86. The van der Waals surface area contributed by atoms with E-state index in [2.05, 4.69) is 15.5 Å². The average Bonchev–Trinajstić information content (AvgIpc) is 2.54. The molecule has 0 radical (unpaired) electrons. The summed E-state index contributed by atoms with van der Waals surface area (Å²) in [5, 5.41) is 5.44. The highest BCUT2D eigenvalue weighted by Gasteiger charge is 2.19. The van der Waals surface area contributed by atoms with Crippen molar-refractivity contribution in [2.75, 3.05) is 13.1 Å². The van der Waals surface area contributed by atoms with Crippen LogP contribution in [-0.4, -0.2) is 23.2 Å². The molecule has 5 nitrogen and oxygen atoms in total. The Hall–Kier alpha value is -1.10. The van der Waals surface area contributed by atoms with E-state index in [1.54, 1.807) is 0 Å². The summed E-state index contributed by atoms with van der Waals surface area (Å²) < 4.78 is 4.93. The Morgan fingerprint density at radius 1 is 1.42 bits per heavy atom. The van der Waals surface area contributed by atoms with Gasteiger partial charge < -0.3 is 9.84 Å². The Labute approximate surface area is 69.1 Å². The molecule has 2 N–H and O–H groups in total. The molecule has 1 aromatic heterocycles. The summed E-state index contributed by atoms with van der Waals surface area (Å²) >= 11 is 0. The quantitative estimate of drug-likeness (QED) is 0.612. The van der Waals surface area contributed by atoms with Gasteiger partial charge in [0.05, 0.1) is 0 Å². The van der Waals surface area contributed by atoms with Crippen LogP contribution in [0.3, 0.4) is 0 Å². The van der Waals surface area contributed by atoms with Crippen LogP contribution in [0.5, 0.6) is 0 Å². The molecule has 1 aromatic rings. The van der Waals surface area contributed by atoms with E-state index in [-0.39, 0.29) is 5.69 Å². The van der Waals surface area contributed by atoms with Crippen LogP contribution in [0.2, 0.25) is 0 Å². The molecule has 0 unspecified atom stereocenters. The number of hydrogen-bond donors (Lipinski definition) is 2. The van der Waals surface area contributed by atoms with E-state index in [9.17, 15) is 4.79 Å². The lowest BCUT2D eigenvalue weighted by Gasteiger charge is -2.18. The average molecular weight is 169 g/mol. The summed E-state index contributed by atoms with van der Waals surface area (Å²) in [5.74, 6) is 0.867. The van der Waals surface area contributed by atoms with Crippen LogP contribution in [0, 0.1) is 0 Å². The van der Waals surface area contributed by atoms with Gasteiger partial charge in [0, 0.05) is 5.92 Å². The predicted molar refractivity (Wildman–Crippen MR) is 42.0 cm³/mol. The molecule has 1 saturated heterocycles. The minimum Gasteiger partial charge on any atom is -0.362 e. The van der Waals surface area contributed by atoms with Gasteiger partial charge in [-0.05, 0) is 25.9 Å². The molecule has 1 fully saturated rings. The minimum atomic E-state index is -0.386. The molecular formula is C7H11N3O2. The van der Waals surface area contributed by atoms with E-state index < -0.39 is 0 Å². The van der Waals surface area contributed by atoms with Gasteiger partial charge in [-0.2, -0.15) is 10.1 Å². The second-order valence-corrected chi connectivity index (χ2v) is 2.98. The molecule has 0 aromatic carbocycles. The van der Waals surface area contributed by atoms with Crippen molar-refractivity contribution in [3.63, 3.8) is 0 Å². The molecule has 2 heterocycles. The van der Waals surface area contributed by atoms with Crippen molar-refractivity contribution < 1.29 is 4.52 Å². The highest BCUT2D eigenvalue weighted by Crippen LogP contribution is 2.21. The van der Waals surface area contributed by atoms with Crippen LogP contribution in [-0.2, 0) is 0 Å². The summed E-state index contributed by atoms with van der Waals surface area (Å²) in [7, 11) is 0. The summed E-state index contributed by atoms with van der Waals surface area (Å²) in [4.78, 5) is 14.4. The zero-order chi connectivity index (χ0) is 8.39. The van der Waals surface area contributed by atoms with Crippen LogP contribution in [0.15, 0.2) is 9.32 Å². The van der Waals surface area contributed by atoms with E-state index in [0.29, 0.717) is 11.8 Å². The maximum Gasteiger partial charge on any atom is 0.377 e. The lowest BCUT2D eigenvalue weighted by Crippen LogP contribution is -2.26. The van der Waals surface area contributed by atoms with Gasteiger partial charge in [-0.15, -0.1) is 0 Å². The second-order valence-electron chi connectivity index (χ2n) is 2.98. The Balaban J connectivity index is 2.13. The van der Waals surface area contributed by atoms with E-state index >= 15 is 0 Å². The zero-order valence-corrected chi connectivity index (χ0v) is 6.67. The van der Waals surface area contributed by atoms with Crippen LogP contribution in [0.4, 0.5) is 0 Å². The summed E-state index contributed by atoms with van der Waals surface area (Å²) in [6.07, 6.45) is 1.99. The monoisotopic (exact) mass is 169 g/mol. The Morgan fingerprint density at radius 3 is 2.75 bits per heavy atom. The van der Waals surface area contributed by atoms with E-state index in [1.807, 2.05) is 0 Å². The maximum atomic E-state index is 10.7. The molecule has 0 amide bonds. The number of nitrogens with zero attached hydrogens (tertiary/aromatic N) is 1. The van der Waals surface area contributed by atoms with Gasteiger partial charge in [0.1, 0.15) is 0 Å². The third-order valence-corrected chi connectivity index (χ3v) is 2.14. The third kappa shape index (κ3) is 1.40. The van der Waals surface area contributed by atoms with Gasteiger partial charge in [0.25, 0.3) is 0 Å². The molecule has 12 heavy (non-hydrogen) atoms. The van der Waals surface area contributed by atoms with Crippen LogP contribution < -0.4 is 11.0 Å². The third-order valence-electron chi connectivity index (χ3n) is 2.14. The van der Waals surface area contributed by atoms with Crippen LogP contribution in [0.1, 0.15) is 24.7 Å². The van der Waals surface area contributed by atoms with Crippen LogP contribution >= 0.6 is 0 Å². The summed E-state index contributed by atoms with van der Waals surface area (Å²) in [6, 6.07) is 0. The molecular weight excluding hydrogens is 158 g/mol. The molecule has 5 heteroatoms. The molecule has 0 saturated carbocycles. The Bertz CT molecular complexity index is 298. The highest BCUT2D eigenvalue weighted by atomic mass is 16.5. The number of H-pyrrole nitrogens is 1. The largest absolute Gasteiger partial charge is 0.377 e. The normalized spacial score (nSPS) is 19.7. The lowest BCUT2D eigenvalue weighted by atomic mass is 9.98. The first-order valence-corrected chi connectivity index (χ1v) is 4.12. The van der Waals surface area contributed by atoms with Crippen molar-refractivity contribution in [3.8, 4) is 0 Å². The maximum absolute atomic E-state index is 10.7. The fourth-order valence-corrected chi connectivity index (χ4v) is 1.49. The van der Waals surface area contributed by atoms with Gasteiger partial charge in [-0.25, -0.2) is 4.79 Å². The van der Waals surface area contributed by atoms with Gasteiger partial charge in [0.2, 0.25) is 5.89 Å². The molecule has 1 aliphatic heterocycles. The number of nitrogens with one attached hydrogen (secondary N) is 2. The first kappa shape index (κ1) is 7.54. The highest BCUT2D eigenvalue weighted by molar-refractivity contribution is 4.91.